The topological polar surface area (TPSA) is 24.1 Å². The van der Waals surface area contributed by atoms with E-state index >= 15 is 0 Å². The average molecular weight is 309 g/mol. The van der Waals surface area contributed by atoms with E-state index in [1.54, 1.807) is 18.2 Å². The molecule has 2 rings (SSSR count). The van der Waals surface area contributed by atoms with Crippen molar-refractivity contribution in [2.45, 2.75) is 13.8 Å². The molecule has 5 heteroatoms. The monoisotopic (exact) mass is 308 g/mol. The van der Waals surface area contributed by atoms with Gasteiger partial charge in [0.15, 0.2) is 5.11 Å². The molecule has 0 aliphatic carbocycles. The average Bonchev–Trinajstić information content (AvgIpc) is 2.39. The minimum atomic E-state index is -0.345. The highest BCUT2D eigenvalue weighted by Crippen LogP contribution is 2.23. The first-order chi connectivity index (χ1) is 9.47. The molecular weight excluding hydrogens is 295 g/mol. The molecule has 0 aliphatic heterocycles. The molecular formula is C15H14ClFN2S. The molecule has 0 saturated carbocycles. The second-order valence-electron chi connectivity index (χ2n) is 4.47. The summed E-state index contributed by atoms with van der Waals surface area (Å²) in [5.74, 6) is -0.345. The molecule has 2 N–H and O–H groups in total. The first-order valence-electron chi connectivity index (χ1n) is 6.06. The fraction of sp³-hybridized carbons (Fsp3) is 0.133. The van der Waals surface area contributed by atoms with Crippen LogP contribution in [-0.2, 0) is 0 Å². The van der Waals surface area contributed by atoms with Crippen LogP contribution in [0.5, 0.6) is 0 Å². The number of halogens is 2. The lowest BCUT2D eigenvalue weighted by atomic mass is 10.2. The van der Waals surface area contributed by atoms with E-state index in [2.05, 4.69) is 10.6 Å². The Hall–Kier alpha value is -1.65. The zero-order valence-electron chi connectivity index (χ0n) is 11.1. The van der Waals surface area contributed by atoms with Crippen LogP contribution in [0.3, 0.4) is 0 Å². The number of benzene rings is 2. The van der Waals surface area contributed by atoms with Gasteiger partial charge in [-0.1, -0.05) is 23.7 Å². The fourth-order valence-corrected chi connectivity index (χ4v) is 2.15. The summed E-state index contributed by atoms with van der Waals surface area (Å²) in [5, 5.41) is 6.84. The molecule has 104 valence electrons. The van der Waals surface area contributed by atoms with E-state index in [0.717, 1.165) is 16.8 Å². The van der Waals surface area contributed by atoms with Gasteiger partial charge in [0.05, 0.1) is 5.69 Å². The predicted molar refractivity (Wildman–Crippen MR) is 87.2 cm³/mol. The van der Waals surface area contributed by atoms with E-state index in [9.17, 15) is 4.39 Å². The largest absolute Gasteiger partial charge is 0.332 e. The molecule has 0 bridgehead atoms. The van der Waals surface area contributed by atoms with E-state index in [-0.39, 0.29) is 5.82 Å². The van der Waals surface area contributed by atoms with Crippen LogP contribution in [0.25, 0.3) is 0 Å². The molecule has 2 nitrogen and oxygen atoms in total. The number of hydrogen-bond acceptors (Lipinski definition) is 1. The summed E-state index contributed by atoms with van der Waals surface area (Å²) < 4.78 is 13.6. The maximum Gasteiger partial charge on any atom is 0.175 e. The summed E-state index contributed by atoms with van der Waals surface area (Å²) in [7, 11) is 0. The van der Waals surface area contributed by atoms with E-state index < -0.39 is 0 Å². The van der Waals surface area contributed by atoms with E-state index in [0.29, 0.717) is 15.8 Å². The third-order valence-corrected chi connectivity index (χ3v) is 3.50. The molecule has 0 heterocycles. The minimum absolute atomic E-state index is 0.319. The van der Waals surface area contributed by atoms with Crippen molar-refractivity contribution in [1.82, 2.24) is 0 Å². The third kappa shape index (κ3) is 3.46. The van der Waals surface area contributed by atoms with Gasteiger partial charge in [0.2, 0.25) is 0 Å². The molecule has 0 saturated heterocycles. The Bertz CT molecular complexity index is 652. The lowest BCUT2D eigenvalue weighted by Crippen LogP contribution is -2.20. The van der Waals surface area contributed by atoms with Crippen LogP contribution in [0, 0.1) is 19.7 Å². The first-order valence-corrected chi connectivity index (χ1v) is 6.85. The van der Waals surface area contributed by atoms with Gasteiger partial charge in [-0.2, -0.15) is 0 Å². The lowest BCUT2D eigenvalue weighted by molar-refractivity contribution is 0.632. The number of thiocarbonyl (C=S) groups is 1. The van der Waals surface area contributed by atoms with E-state index in [1.165, 1.54) is 6.07 Å². The van der Waals surface area contributed by atoms with Crippen LogP contribution in [0.15, 0.2) is 36.4 Å². The second kappa shape index (κ2) is 6.20. The molecule has 0 radical (unpaired) electrons. The zero-order valence-corrected chi connectivity index (χ0v) is 12.7. The fourth-order valence-electron chi connectivity index (χ4n) is 1.75. The predicted octanol–water partition coefficient (Wildman–Crippen LogP) is 4.90. The van der Waals surface area contributed by atoms with Crippen LogP contribution < -0.4 is 10.6 Å². The van der Waals surface area contributed by atoms with Gasteiger partial charge in [-0.3, -0.25) is 0 Å². The van der Waals surface area contributed by atoms with Gasteiger partial charge >= 0.3 is 0 Å². The molecule has 0 fully saturated rings. The number of anilines is 2. The standard InChI is InChI=1S/C15H14ClFN2S/c1-9-6-7-12(17)14(8-9)19-15(20)18-13-5-3-4-11(16)10(13)2/h3-8H,1-2H3,(H2,18,19,20). The van der Waals surface area contributed by atoms with Gasteiger partial charge in [-0.25, -0.2) is 4.39 Å². The third-order valence-electron chi connectivity index (χ3n) is 2.89. The number of rotatable bonds is 2. The maximum atomic E-state index is 13.6. The zero-order chi connectivity index (χ0) is 14.7. The molecule has 2 aromatic rings. The van der Waals surface area contributed by atoms with Crippen molar-refractivity contribution in [2.24, 2.45) is 0 Å². The van der Waals surface area contributed by atoms with Crippen LogP contribution in [0.1, 0.15) is 11.1 Å². The Labute approximate surface area is 128 Å². The second-order valence-corrected chi connectivity index (χ2v) is 5.29. The van der Waals surface area contributed by atoms with E-state index in [4.69, 9.17) is 23.8 Å². The quantitative estimate of drug-likeness (QED) is 0.771. The summed E-state index contributed by atoms with van der Waals surface area (Å²) in [5.41, 5.74) is 2.99. The smallest absolute Gasteiger partial charge is 0.175 e. The first kappa shape index (κ1) is 14.8. The number of hydrogen-bond donors (Lipinski definition) is 2. The summed E-state index contributed by atoms with van der Waals surface area (Å²) in [6, 6.07) is 10.3. The van der Waals surface area contributed by atoms with Crippen molar-refractivity contribution in [3.8, 4) is 0 Å². The Kier molecular flexibility index (Phi) is 4.57. The van der Waals surface area contributed by atoms with Crippen LogP contribution >= 0.6 is 23.8 Å². The summed E-state index contributed by atoms with van der Waals surface area (Å²) in [4.78, 5) is 0. The molecule has 0 unspecified atom stereocenters. The SMILES string of the molecule is Cc1ccc(F)c(NC(=S)Nc2cccc(Cl)c2C)c1. The Balaban J connectivity index is 2.13. The van der Waals surface area contributed by atoms with Crippen LogP contribution in [-0.4, -0.2) is 5.11 Å². The van der Waals surface area contributed by atoms with E-state index in [1.807, 2.05) is 26.0 Å². The number of nitrogens with one attached hydrogen (secondary N) is 2. The normalized spacial score (nSPS) is 10.2. The lowest BCUT2D eigenvalue weighted by Gasteiger charge is -2.14. The van der Waals surface area contributed by atoms with Crippen molar-refractivity contribution < 1.29 is 4.39 Å². The van der Waals surface area contributed by atoms with Crippen LogP contribution in [0.4, 0.5) is 15.8 Å². The highest BCUT2D eigenvalue weighted by molar-refractivity contribution is 7.80. The van der Waals surface area contributed by atoms with Gasteiger partial charge in [-0.05, 0) is 61.5 Å². The summed E-state index contributed by atoms with van der Waals surface area (Å²) >= 11 is 11.2. The Morgan fingerprint density at radius 2 is 1.80 bits per heavy atom. The summed E-state index contributed by atoms with van der Waals surface area (Å²) in [6.07, 6.45) is 0. The Morgan fingerprint density at radius 3 is 2.55 bits per heavy atom. The molecule has 0 aromatic heterocycles. The molecule has 0 spiro atoms. The van der Waals surface area contributed by atoms with Crippen molar-refractivity contribution in [3.63, 3.8) is 0 Å². The van der Waals surface area contributed by atoms with Gasteiger partial charge in [0, 0.05) is 10.7 Å². The summed E-state index contributed by atoms with van der Waals surface area (Å²) in [6.45, 7) is 3.78. The van der Waals surface area contributed by atoms with Crippen molar-refractivity contribution in [3.05, 3.63) is 58.4 Å². The van der Waals surface area contributed by atoms with Crippen molar-refractivity contribution in [2.75, 3.05) is 10.6 Å². The van der Waals surface area contributed by atoms with Gasteiger partial charge in [-0.15, -0.1) is 0 Å². The van der Waals surface area contributed by atoms with Gasteiger partial charge < -0.3 is 10.6 Å². The number of aryl methyl sites for hydroxylation is 1. The minimum Gasteiger partial charge on any atom is -0.332 e. The van der Waals surface area contributed by atoms with Crippen molar-refractivity contribution in [1.29, 1.82) is 0 Å². The molecule has 2 aromatic carbocycles. The van der Waals surface area contributed by atoms with Gasteiger partial charge in [0.25, 0.3) is 0 Å². The van der Waals surface area contributed by atoms with Crippen LogP contribution in [0.2, 0.25) is 5.02 Å². The van der Waals surface area contributed by atoms with Crippen molar-refractivity contribution >= 4 is 40.3 Å². The molecule has 0 aliphatic rings. The molecule has 0 atom stereocenters. The Morgan fingerprint density at radius 1 is 1.10 bits per heavy atom. The molecule has 20 heavy (non-hydrogen) atoms. The maximum absolute atomic E-state index is 13.6. The highest BCUT2D eigenvalue weighted by atomic mass is 35.5. The highest BCUT2D eigenvalue weighted by Gasteiger charge is 2.07. The van der Waals surface area contributed by atoms with Gasteiger partial charge in [0.1, 0.15) is 5.82 Å². The molecule has 0 amide bonds.